The Bertz CT molecular complexity index is 571. The Morgan fingerprint density at radius 1 is 1.33 bits per heavy atom. The minimum Gasteiger partial charge on any atom is -0.314 e. The van der Waals surface area contributed by atoms with Crippen LogP contribution in [0.5, 0.6) is 0 Å². The fourth-order valence-electron chi connectivity index (χ4n) is 2.93. The van der Waals surface area contributed by atoms with Crippen molar-refractivity contribution in [1.82, 2.24) is 5.32 Å². The second-order valence-corrected chi connectivity index (χ2v) is 8.51. The van der Waals surface area contributed by atoms with Gasteiger partial charge >= 0.3 is 0 Å². The molecule has 0 aromatic heterocycles. The van der Waals surface area contributed by atoms with Gasteiger partial charge in [-0.1, -0.05) is 32.0 Å². The van der Waals surface area contributed by atoms with Gasteiger partial charge in [-0.25, -0.2) is 12.8 Å². The highest BCUT2D eigenvalue weighted by atomic mass is 32.2. The van der Waals surface area contributed by atoms with Gasteiger partial charge < -0.3 is 5.32 Å². The zero-order chi connectivity index (χ0) is 15.5. The van der Waals surface area contributed by atoms with Crippen LogP contribution in [-0.2, 0) is 16.3 Å². The van der Waals surface area contributed by atoms with Crippen LogP contribution in [0, 0.1) is 17.7 Å². The number of rotatable bonds is 6. The molecule has 1 saturated heterocycles. The molecule has 0 amide bonds. The van der Waals surface area contributed by atoms with Gasteiger partial charge in [0.05, 0.1) is 11.5 Å². The molecule has 1 fully saturated rings. The number of hydrogen-bond donors (Lipinski definition) is 1. The van der Waals surface area contributed by atoms with Crippen LogP contribution in [0.25, 0.3) is 0 Å². The Kier molecular flexibility index (Phi) is 5.38. The zero-order valence-corrected chi connectivity index (χ0v) is 13.5. The molecule has 1 N–H and O–H groups in total. The van der Waals surface area contributed by atoms with Gasteiger partial charge in [0.25, 0.3) is 0 Å². The largest absolute Gasteiger partial charge is 0.314 e. The summed E-state index contributed by atoms with van der Waals surface area (Å²) in [4.78, 5) is 0. The SMILES string of the molecule is CC(C)NCC(Cc1ccccc1F)C1CCS(=O)(=O)C1. The van der Waals surface area contributed by atoms with Gasteiger partial charge in [0.2, 0.25) is 0 Å². The van der Waals surface area contributed by atoms with Crippen LogP contribution in [0.3, 0.4) is 0 Å². The predicted molar refractivity (Wildman–Crippen MR) is 83.5 cm³/mol. The maximum atomic E-state index is 13.8. The molecular weight excluding hydrogens is 289 g/mol. The van der Waals surface area contributed by atoms with Crippen molar-refractivity contribution in [2.75, 3.05) is 18.1 Å². The van der Waals surface area contributed by atoms with Crippen molar-refractivity contribution in [2.24, 2.45) is 11.8 Å². The summed E-state index contributed by atoms with van der Waals surface area (Å²) in [7, 11) is -2.90. The zero-order valence-electron chi connectivity index (χ0n) is 12.7. The first-order valence-corrected chi connectivity index (χ1v) is 9.37. The minimum absolute atomic E-state index is 0.126. The first-order valence-electron chi connectivity index (χ1n) is 7.54. The molecule has 118 valence electrons. The predicted octanol–water partition coefficient (Wildman–Crippen LogP) is 2.42. The maximum absolute atomic E-state index is 13.8. The lowest BCUT2D eigenvalue weighted by atomic mass is 9.86. The molecule has 2 atom stereocenters. The van der Waals surface area contributed by atoms with Crippen molar-refractivity contribution < 1.29 is 12.8 Å². The number of hydrogen-bond acceptors (Lipinski definition) is 3. The van der Waals surface area contributed by atoms with E-state index in [0.29, 0.717) is 24.4 Å². The highest BCUT2D eigenvalue weighted by molar-refractivity contribution is 7.91. The third-order valence-electron chi connectivity index (χ3n) is 4.16. The van der Waals surface area contributed by atoms with E-state index in [4.69, 9.17) is 0 Å². The second-order valence-electron chi connectivity index (χ2n) is 6.28. The van der Waals surface area contributed by atoms with Crippen LogP contribution < -0.4 is 5.32 Å². The summed E-state index contributed by atoms with van der Waals surface area (Å²) in [5.74, 6) is 0.592. The van der Waals surface area contributed by atoms with Gasteiger partial charge in [0.15, 0.2) is 9.84 Å². The van der Waals surface area contributed by atoms with Gasteiger partial charge in [-0.05, 0) is 42.9 Å². The molecule has 1 heterocycles. The van der Waals surface area contributed by atoms with Crippen molar-refractivity contribution in [2.45, 2.75) is 32.7 Å². The van der Waals surface area contributed by atoms with E-state index >= 15 is 0 Å². The van der Waals surface area contributed by atoms with Crippen molar-refractivity contribution >= 4 is 9.84 Å². The number of benzene rings is 1. The summed E-state index contributed by atoms with van der Waals surface area (Å²) in [6.07, 6.45) is 1.29. The number of halogens is 1. The van der Waals surface area contributed by atoms with Crippen LogP contribution >= 0.6 is 0 Å². The molecular formula is C16H24FNO2S. The number of nitrogens with one attached hydrogen (secondary N) is 1. The van der Waals surface area contributed by atoms with Gasteiger partial charge in [-0.15, -0.1) is 0 Å². The van der Waals surface area contributed by atoms with E-state index in [1.807, 2.05) is 6.07 Å². The molecule has 5 heteroatoms. The van der Waals surface area contributed by atoms with Crippen LogP contribution in [-0.4, -0.2) is 32.5 Å². The lowest BCUT2D eigenvalue weighted by molar-refractivity contribution is 0.330. The van der Waals surface area contributed by atoms with E-state index in [1.165, 1.54) is 6.07 Å². The van der Waals surface area contributed by atoms with Crippen molar-refractivity contribution in [3.8, 4) is 0 Å². The molecule has 21 heavy (non-hydrogen) atoms. The monoisotopic (exact) mass is 313 g/mol. The van der Waals surface area contributed by atoms with Gasteiger partial charge in [-0.2, -0.15) is 0 Å². The van der Waals surface area contributed by atoms with E-state index in [9.17, 15) is 12.8 Å². The van der Waals surface area contributed by atoms with E-state index < -0.39 is 9.84 Å². The fourth-order valence-corrected chi connectivity index (χ4v) is 4.85. The minimum atomic E-state index is -2.90. The Morgan fingerprint density at radius 2 is 2.05 bits per heavy atom. The Labute approximate surface area is 126 Å². The molecule has 1 aliphatic heterocycles. The smallest absolute Gasteiger partial charge is 0.150 e. The average Bonchev–Trinajstić information content (AvgIpc) is 2.76. The Morgan fingerprint density at radius 3 is 2.62 bits per heavy atom. The summed E-state index contributed by atoms with van der Waals surface area (Å²) < 4.78 is 37.3. The molecule has 0 bridgehead atoms. The number of sulfone groups is 1. The van der Waals surface area contributed by atoms with Gasteiger partial charge in [-0.3, -0.25) is 0 Å². The summed E-state index contributed by atoms with van der Waals surface area (Å²) in [6, 6.07) is 7.11. The first kappa shape index (κ1) is 16.4. The van der Waals surface area contributed by atoms with Gasteiger partial charge in [0, 0.05) is 6.04 Å². The Balaban J connectivity index is 2.11. The lowest BCUT2D eigenvalue weighted by Gasteiger charge is -2.24. The highest BCUT2D eigenvalue weighted by Crippen LogP contribution is 2.29. The lowest BCUT2D eigenvalue weighted by Crippen LogP contribution is -2.34. The van der Waals surface area contributed by atoms with E-state index in [1.54, 1.807) is 12.1 Å². The van der Waals surface area contributed by atoms with E-state index in [2.05, 4.69) is 19.2 Å². The average molecular weight is 313 g/mol. The quantitative estimate of drug-likeness (QED) is 0.877. The van der Waals surface area contributed by atoms with Crippen LogP contribution in [0.4, 0.5) is 4.39 Å². The van der Waals surface area contributed by atoms with E-state index in [-0.39, 0.29) is 29.2 Å². The van der Waals surface area contributed by atoms with E-state index in [0.717, 1.165) is 6.54 Å². The molecule has 0 radical (unpaired) electrons. The molecule has 0 spiro atoms. The normalized spacial score (nSPS) is 22.6. The first-order chi connectivity index (χ1) is 9.87. The molecule has 2 rings (SSSR count). The molecule has 3 nitrogen and oxygen atoms in total. The Hall–Kier alpha value is -0.940. The summed E-state index contributed by atoms with van der Waals surface area (Å²) >= 11 is 0. The third-order valence-corrected chi connectivity index (χ3v) is 5.96. The van der Waals surface area contributed by atoms with Crippen molar-refractivity contribution in [3.63, 3.8) is 0 Å². The molecule has 1 aromatic rings. The van der Waals surface area contributed by atoms with Crippen LogP contribution in [0.1, 0.15) is 25.8 Å². The fraction of sp³-hybridized carbons (Fsp3) is 0.625. The van der Waals surface area contributed by atoms with Crippen molar-refractivity contribution in [3.05, 3.63) is 35.6 Å². The molecule has 1 aliphatic rings. The maximum Gasteiger partial charge on any atom is 0.150 e. The topological polar surface area (TPSA) is 46.2 Å². The molecule has 0 saturated carbocycles. The molecule has 0 aliphatic carbocycles. The third kappa shape index (κ3) is 4.78. The van der Waals surface area contributed by atoms with Crippen LogP contribution in [0.15, 0.2) is 24.3 Å². The highest BCUT2D eigenvalue weighted by Gasteiger charge is 2.33. The van der Waals surface area contributed by atoms with Gasteiger partial charge in [0.1, 0.15) is 5.82 Å². The summed E-state index contributed by atoms with van der Waals surface area (Å²) in [5.41, 5.74) is 0.678. The molecule has 1 aromatic carbocycles. The summed E-state index contributed by atoms with van der Waals surface area (Å²) in [5, 5.41) is 3.37. The standard InChI is InChI=1S/C16H24FNO2S/c1-12(2)18-10-15(14-7-8-21(19,20)11-14)9-13-5-3-4-6-16(13)17/h3-6,12,14-15,18H,7-11H2,1-2H3. The summed E-state index contributed by atoms with van der Waals surface area (Å²) in [6.45, 7) is 4.85. The second kappa shape index (κ2) is 6.88. The van der Waals surface area contributed by atoms with Crippen LogP contribution in [0.2, 0.25) is 0 Å². The van der Waals surface area contributed by atoms with Crippen molar-refractivity contribution in [1.29, 1.82) is 0 Å². The molecule has 2 unspecified atom stereocenters.